The highest BCUT2D eigenvalue weighted by atomic mass is 16.5. The monoisotopic (exact) mass is 254 g/mol. The number of ether oxygens (including phenoxy) is 2. The van der Waals surface area contributed by atoms with Gasteiger partial charge in [0.2, 0.25) is 0 Å². The zero-order valence-corrected chi connectivity index (χ0v) is 10.7. The Balaban J connectivity index is 2.95. The summed E-state index contributed by atoms with van der Waals surface area (Å²) in [6, 6.07) is 5.09. The lowest BCUT2D eigenvalue weighted by atomic mass is 10.0. The van der Waals surface area contributed by atoms with Crippen LogP contribution in [0.2, 0.25) is 0 Å². The maximum Gasteiger partial charge on any atom is 0.338 e. The summed E-state index contributed by atoms with van der Waals surface area (Å²) < 4.78 is 9.77. The van der Waals surface area contributed by atoms with Gasteiger partial charge in [0.25, 0.3) is 0 Å². The summed E-state index contributed by atoms with van der Waals surface area (Å²) in [6.45, 7) is 3.65. The van der Waals surface area contributed by atoms with Gasteiger partial charge in [-0.05, 0) is 25.5 Å². The van der Waals surface area contributed by atoms with E-state index in [4.69, 9.17) is 4.74 Å². The Morgan fingerprint density at radius 3 is 2.61 bits per heavy atom. The molecule has 0 heterocycles. The third-order valence-corrected chi connectivity index (χ3v) is 2.53. The van der Waals surface area contributed by atoms with E-state index >= 15 is 0 Å². The number of benzene rings is 1. The van der Waals surface area contributed by atoms with Gasteiger partial charge in [-0.3, -0.25) is 0 Å². The van der Waals surface area contributed by atoms with Crippen LogP contribution in [0.3, 0.4) is 0 Å². The second-order valence-corrected chi connectivity index (χ2v) is 3.89. The van der Waals surface area contributed by atoms with Crippen LogP contribution in [0.25, 0.3) is 0 Å². The van der Waals surface area contributed by atoms with Gasteiger partial charge in [0.15, 0.2) is 6.10 Å². The minimum absolute atomic E-state index is 0.146. The van der Waals surface area contributed by atoms with Crippen LogP contribution >= 0.6 is 0 Å². The van der Waals surface area contributed by atoms with Gasteiger partial charge < -0.3 is 19.7 Å². The summed E-state index contributed by atoms with van der Waals surface area (Å²) in [4.78, 5) is 11.4. The number of aryl methyl sites for hydroxylation is 1. The SMILES string of the molecule is CCOC(=O)C(O)C(O)c1ccc(C)cc1OC. The van der Waals surface area contributed by atoms with E-state index in [9.17, 15) is 15.0 Å². The minimum atomic E-state index is -1.62. The highest BCUT2D eigenvalue weighted by Crippen LogP contribution is 2.28. The van der Waals surface area contributed by atoms with Crippen molar-refractivity contribution < 1.29 is 24.5 Å². The average molecular weight is 254 g/mol. The smallest absolute Gasteiger partial charge is 0.338 e. The quantitative estimate of drug-likeness (QED) is 0.765. The number of methoxy groups -OCH3 is 1. The number of carbonyl (C=O) groups is 1. The summed E-state index contributed by atoms with van der Waals surface area (Å²) in [5.74, 6) is -0.432. The normalized spacial score (nSPS) is 13.8. The topological polar surface area (TPSA) is 76.0 Å². The first-order valence-electron chi connectivity index (χ1n) is 5.68. The number of carbonyl (C=O) groups excluding carboxylic acids is 1. The molecule has 2 unspecified atom stereocenters. The first kappa shape index (κ1) is 14.5. The lowest BCUT2D eigenvalue weighted by Crippen LogP contribution is -2.30. The van der Waals surface area contributed by atoms with Gasteiger partial charge >= 0.3 is 5.97 Å². The van der Waals surface area contributed by atoms with Gasteiger partial charge in [0, 0.05) is 5.56 Å². The van der Waals surface area contributed by atoms with Crippen LogP contribution in [0.5, 0.6) is 5.75 Å². The highest BCUT2D eigenvalue weighted by Gasteiger charge is 2.29. The van der Waals surface area contributed by atoms with Gasteiger partial charge in [0.05, 0.1) is 13.7 Å². The Morgan fingerprint density at radius 1 is 1.39 bits per heavy atom. The molecule has 2 atom stereocenters. The molecular formula is C13H18O5. The summed E-state index contributed by atoms with van der Waals surface area (Å²) in [5.41, 5.74) is 1.30. The number of rotatable bonds is 5. The van der Waals surface area contributed by atoms with Crippen LogP contribution in [-0.4, -0.2) is 36.0 Å². The van der Waals surface area contributed by atoms with E-state index in [1.54, 1.807) is 25.1 Å². The van der Waals surface area contributed by atoms with Gasteiger partial charge in [-0.25, -0.2) is 4.79 Å². The van der Waals surface area contributed by atoms with Crippen LogP contribution in [0.4, 0.5) is 0 Å². The zero-order chi connectivity index (χ0) is 13.7. The van der Waals surface area contributed by atoms with Crippen molar-refractivity contribution in [1.82, 2.24) is 0 Å². The van der Waals surface area contributed by atoms with E-state index < -0.39 is 18.2 Å². The molecule has 1 aromatic rings. The maximum atomic E-state index is 11.4. The first-order valence-corrected chi connectivity index (χ1v) is 5.68. The molecule has 0 aliphatic rings. The molecule has 0 aliphatic carbocycles. The molecule has 1 rings (SSSR count). The second kappa shape index (κ2) is 6.37. The summed E-state index contributed by atoms with van der Waals surface area (Å²) in [5, 5.41) is 19.6. The Bertz CT molecular complexity index is 416. The van der Waals surface area contributed by atoms with Crippen molar-refractivity contribution in [2.75, 3.05) is 13.7 Å². The molecule has 0 spiro atoms. The standard InChI is InChI=1S/C13H18O5/c1-4-18-13(16)12(15)11(14)9-6-5-8(2)7-10(9)17-3/h5-7,11-12,14-15H,4H2,1-3H3. The predicted octanol–water partition coefficient (Wildman–Crippen LogP) is 0.961. The van der Waals surface area contributed by atoms with Gasteiger partial charge in [-0.15, -0.1) is 0 Å². The Hall–Kier alpha value is -1.59. The van der Waals surface area contributed by atoms with Crippen LogP contribution < -0.4 is 4.74 Å². The molecule has 0 aromatic heterocycles. The molecule has 1 aromatic carbocycles. The van der Waals surface area contributed by atoms with Gasteiger partial charge in [-0.2, -0.15) is 0 Å². The van der Waals surface area contributed by atoms with Crippen molar-refractivity contribution >= 4 is 5.97 Å². The zero-order valence-electron chi connectivity index (χ0n) is 10.7. The molecule has 0 bridgehead atoms. The van der Waals surface area contributed by atoms with Crippen molar-refractivity contribution in [1.29, 1.82) is 0 Å². The van der Waals surface area contributed by atoms with Crippen LogP contribution in [-0.2, 0) is 9.53 Å². The molecule has 5 nitrogen and oxygen atoms in total. The number of aliphatic hydroxyl groups is 2. The molecule has 0 radical (unpaired) electrons. The molecular weight excluding hydrogens is 236 g/mol. The number of aliphatic hydroxyl groups excluding tert-OH is 2. The second-order valence-electron chi connectivity index (χ2n) is 3.89. The molecule has 2 N–H and O–H groups in total. The van der Waals surface area contributed by atoms with Crippen molar-refractivity contribution in [3.05, 3.63) is 29.3 Å². The van der Waals surface area contributed by atoms with Crippen LogP contribution in [0.1, 0.15) is 24.2 Å². The fourth-order valence-electron chi connectivity index (χ4n) is 1.59. The first-order chi connectivity index (χ1) is 8.51. The van der Waals surface area contributed by atoms with Crippen molar-refractivity contribution in [3.8, 4) is 5.75 Å². The fraction of sp³-hybridized carbons (Fsp3) is 0.462. The fourth-order valence-corrected chi connectivity index (χ4v) is 1.59. The highest BCUT2D eigenvalue weighted by molar-refractivity contribution is 5.75. The molecule has 18 heavy (non-hydrogen) atoms. The van der Waals surface area contributed by atoms with Crippen molar-refractivity contribution in [3.63, 3.8) is 0 Å². The molecule has 100 valence electrons. The molecule has 0 saturated heterocycles. The molecule has 0 saturated carbocycles. The Labute approximate surface area is 106 Å². The molecule has 5 heteroatoms. The predicted molar refractivity (Wildman–Crippen MR) is 65.3 cm³/mol. The van der Waals surface area contributed by atoms with Crippen molar-refractivity contribution in [2.45, 2.75) is 26.1 Å². The molecule has 0 fully saturated rings. The largest absolute Gasteiger partial charge is 0.496 e. The lowest BCUT2D eigenvalue weighted by molar-refractivity contribution is -0.159. The van der Waals surface area contributed by atoms with E-state index in [0.29, 0.717) is 11.3 Å². The Kier molecular flexibility index (Phi) is 5.12. The van der Waals surface area contributed by atoms with E-state index in [2.05, 4.69) is 4.74 Å². The maximum absolute atomic E-state index is 11.4. The summed E-state index contributed by atoms with van der Waals surface area (Å²) in [7, 11) is 1.46. The van der Waals surface area contributed by atoms with Gasteiger partial charge in [-0.1, -0.05) is 12.1 Å². The van der Waals surface area contributed by atoms with Crippen LogP contribution in [0.15, 0.2) is 18.2 Å². The number of hydrogen-bond acceptors (Lipinski definition) is 5. The van der Waals surface area contributed by atoms with Gasteiger partial charge in [0.1, 0.15) is 11.9 Å². The third-order valence-electron chi connectivity index (χ3n) is 2.53. The summed E-state index contributed by atoms with van der Waals surface area (Å²) >= 11 is 0. The van der Waals surface area contributed by atoms with Crippen molar-refractivity contribution in [2.24, 2.45) is 0 Å². The number of hydrogen-bond donors (Lipinski definition) is 2. The van der Waals surface area contributed by atoms with Crippen LogP contribution in [0, 0.1) is 6.92 Å². The minimum Gasteiger partial charge on any atom is -0.496 e. The Morgan fingerprint density at radius 2 is 2.06 bits per heavy atom. The lowest BCUT2D eigenvalue weighted by Gasteiger charge is -2.19. The van der Waals surface area contributed by atoms with E-state index in [1.807, 2.05) is 6.92 Å². The number of esters is 1. The molecule has 0 amide bonds. The van der Waals surface area contributed by atoms with E-state index in [1.165, 1.54) is 7.11 Å². The third kappa shape index (κ3) is 3.21. The molecule has 0 aliphatic heterocycles. The van der Waals surface area contributed by atoms with E-state index in [-0.39, 0.29) is 6.61 Å². The average Bonchev–Trinajstić information content (AvgIpc) is 2.37. The van der Waals surface area contributed by atoms with E-state index in [0.717, 1.165) is 5.56 Å². The summed E-state index contributed by atoms with van der Waals surface area (Å²) in [6.07, 6.45) is -3.00.